The molecule has 1 aromatic carbocycles. The zero-order chi connectivity index (χ0) is 12.5. The van der Waals surface area contributed by atoms with E-state index < -0.39 is 5.97 Å². The van der Waals surface area contributed by atoms with Crippen molar-refractivity contribution in [2.75, 3.05) is 18.5 Å². The van der Waals surface area contributed by atoms with E-state index in [1.807, 2.05) is 24.3 Å². The number of hydrogen-bond acceptors (Lipinski definition) is 3. The molecule has 0 radical (unpaired) electrons. The predicted octanol–water partition coefficient (Wildman–Crippen LogP) is 2.20. The van der Waals surface area contributed by atoms with Crippen LogP contribution in [-0.4, -0.2) is 19.1 Å². The van der Waals surface area contributed by atoms with Gasteiger partial charge in [-0.25, -0.2) is 4.79 Å². The van der Waals surface area contributed by atoms with Gasteiger partial charge in [0.1, 0.15) is 0 Å². The van der Waals surface area contributed by atoms with E-state index in [0.29, 0.717) is 13.2 Å². The van der Waals surface area contributed by atoms with Crippen molar-refractivity contribution in [1.82, 2.24) is 0 Å². The molecule has 88 valence electrons. The summed E-state index contributed by atoms with van der Waals surface area (Å²) in [7, 11) is 0. The van der Waals surface area contributed by atoms with Crippen LogP contribution in [0.25, 0.3) is 0 Å². The Hall–Kier alpha value is -2.21. The molecule has 0 amide bonds. The summed E-state index contributed by atoms with van der Waals surface area (Å²) in [4.78, 5) is 11.0. The van der Waals surface area contributed by atoms with E-state index in [2.05, 4.69) is 23.7 Å². The summed E-state index contributed by atoms with van der Waals surface area (Å²) in [5, 5.41) is 3.15. The van der Waals surface area contributed by atoms with Crippen LogP contribution < -0.4 is 5.32 Å². The highest BCUT2D eigenvalue weighted by atomic mass is 16.5. The average Bonchev–Trinajstić information content (AvgIpc) is 2.35. The highest BCUT2D eigenvalue weighted by molar-refractivity contribution is 5.89. The molecule has 0 unspecified atom stereocenters. The van der Waals surface area contributed by atoms with Crippen molar-refractivity contribution < 1.29 is 9.53 Å². The summed E-state index contributed by atoms with van der Waals surface area (Å²) >= 11 is 0. The van der Waals surface area contributed by atoms with E-state index in [0.717, 1.165) is 11.3 Å². The molecular formula is C14H15NO2. The van der Waals surface area contributed by atoms with Gasteiger partial charge in [0.05, 0.1) is 6.61 Å². The molecular weight excluding hydrogens is 214 g/mol. The van der Waals surface area contributed by atoms with Crippen molar-refractivity contribution in [2.45, 2.75) is 6.92 Å². The Bertz CT molecular complexity index is 438. The minimum absolute atomic E-state index is 0.345. The third-order valence-corrected chi connectivity index (χ3v) is 1.92. The van der Waals surface area contributed by atoms with Crippen molar-refractivity contribution in [3.63, 3.8) is 0 Å². The molecule has 1 rings (SSSR count). The number of benzene rings is 1. The summed E-state index contributed by atoms with van der Waals surface area (Å²) in [5.41, 5.74) is 1.77. The Kier molecular flexibility index (Phi) is 5.39. The Labute approximate surface area is 101 Å². The minimum Gasteiger partial charge on any atom is -0.456 e. The largest absolute Gasteiger partial charge is 0.456 e. The quantitative estimate of drug-likeness (QED) is 0.488. The third kappa shape index (κ3) is 4.89. The van der Waals surface area contributed by atoms with E-state index in [1.165, 1.54) is 0 Å². The molecule has 0 bridgehead atoms. The Balaban J connectivity index is 2.61. The van der Waals surface area contributed by atoms with Gasteiger partial charge >= 0.3 is 5.97 Å². The summed E-state index contributed by atoms with van der Waals surface area (Å²) in [5.74, 6) is 4.66. The molecule has 17 heavy (non-hydrogen) atoms. The first-order chi connectivity index (χ1) is 8.26. The zero-order valence-corrected chi connectivity index (χ0v) is 9.82. The van der Waals surface area contributed by atoms with Crippen LogP contribution >= 0.6 is 0 Å². The first-order valence-electron chi connectivity index (χ1n) is 5.40. The van der Waals surface area contributed by atoms with Crippen LogP contribution in [0.4, 0.5) is 5.69 Å². The van der Waals surface area contributed by atoms with Gasteiger partial charge in [-0.1, -0.05) is 12.0 Å². The first-order valence-corrected chi connectivity index (χ1v) is 5.40. The molecule has 0 saturated heterocycles. The molecule has 3 nitrogen and oxygen atoms in total. The number of ether oxygens (including phenoxy) is 1. The average molecular weight is 229 g/mol. The smallest absolute Gasteiger partial charge is 0.384 e. The zero-order valence-electron chi connectivity index (χ0n) is 9.82. The van der Waals surface area contributed by atoms with Gasteiger partial charge in [-0.3, -0.25) is 0 Å². The fourth-order valence-corrected chi connectivity index (χ4v) is 1.15. The van der Waals surface area contributed by atoms with Crippen molar-refractivity contribution in [3.8, 4) is 11.8 Å². The molecule has 0 aliphatic heterocycles. The molecule has 0 fully saturated rings. The van der Waals surface area contributed by atoms with E-state index in [9.17, 15) is 4.79 Å². The van der Waals surface area contributed by atoms with Crippen LogP contribution in [0.2, 0.25) is 0 Å². The SMILES string of the molecule is C=CCNc1ccc(C#CC(=O)OCC)cc1. The van der Waals surface area contributed by atoms with Gasteiger partial charge in [-0.15, -0.1) is 6.58 Å². The lowest BCUT2D eigenvalue weighted by Crippen LogP contribution is -1.99. The summed E-state index contributed by atoms with van der Waals surface area (Å²) in [6.07, 6.45) is 1.79. The van der Waals surface area contributed by atoms with Gasteiger partial charge in [-0.2, -0.15) is 0 Å². The van der Waals surface area contributed by atoms with Crippen molar-refractivity contribution in [3.05, 3.63) is 42.5 Å². The summed E-state index contributed by atoms with van der Waals surface area (Å²) in [6, 6.07) is 7.49. The van der Waals surface area contributed by atoms with E-state index >= 15 is 0 Å². The van der Waals surface area contributed by atoms with E-state index in [1.54, 1.807) is 13.0 Å². The van der Waals surface area contributed by atoms with Crippen molar-refractivity contribution >= 4 is 11.7 Å². The number of carbonyl (C=O) groups is 1. The second kappa shape index (κ2) is 7.13. The lowest BCUT2D eigenvalue weighted by Gasteiger charge is -2.02. The topological polar surface area (TPSA) is 38.3 Å². The van der Waals surface area contributed by atoms with Gasteiger partial charge in [0.25, 0.3) is 0 Å². The number of anilines is 1. The fraction of sp³-hybridized carbons (Fsp3) is 0.214. The number of esters is 1. The lowest BCUT2D eigenvalue weighted by molar-refractivity contribution is -0.136. The standard InChI is InChI=1S/C14H15NO2/c1-3-11-15-13-8-5-12(6-9-13)7-10-14(16)17-4-2/h3,5-6,8-9,15H,1,4,11H2,2H3. The maximum absolute atomic E-state index is 11.0. The van der Waals surface area contributed by atoms with E-state index in [4.69, 9.17) is 4.74 Å². The van der Waals surface area contributed by atoms with Crippen LogP contribution in [0.1, 0.15) is 12.5 Å². The second-order valence-electron chi connectivity index (χ2n) is 3.22. The normalized spacial score (nSPS) is 8.76. The Morgan fingerprint density at radius 2 is 2.18 bits per heavy atom. The molecule has 0 aliphatic carbocycles. The van der Waals surface area contributed by atoms with Gasteiger partial charge in [0, 0.05) is 23.7 Å². The molecule has 3 heteroatoms. The number of carbonyl (C=O) groups excluding carboxylic acids is 1. The van der Waals surface area contributed by atoms with Gasteiger partial charge in [-0.05, 0) is 31.2 Å². The van der Waals surface area contributed by atoms with Crippen LogP contribution in [0, 0.1) is 11.8 Å². The molecule has 0 aliphatic rings. The van der Waals surface area contributed by atoms with Gasteiger partial charge in [0.2, 0.25) is 0 Å². The predicted molar refractivity (Wildman–Crippen MR) is 68.6 cm³/mol. The molecule has 0 heterocycles. The minimum atomic E-state index is -0.499. The lowest BCUT2D eigenvalue weighted by atomic mass is 10.2. The summed E-state index contributed by atoms with van der Waals surface area (Å²) in [6.45, 7) is 6.43. The number of rotatable bonds is 4. The fourth-order valence-electron chi connectivity index (χ4n) is 1.15. The Morgan fingerprint density at radius 1 is 1.47 bits per heavy atom. The van der Waals surface area contributed by atoms with Crippen LogP contribution in [-0.2, 0) is 9.53 Å². The van der Waals surface area contributed by atoms with Gasteiger partial charge < -0.3 is 10.1 Å². The maximum atomic E-state index is 11.0. The van der Waals surface area contributed by atoms with Crippen molar-refractivity contribution in [2.24, 2.45) is 0 Å². The molecule has 0 spiro atoms. The van der Waals surface area contributed by atoms with Crippen LogP contribution in [0.3, 0.4) is 0 Å². The van der Waals surface area contributed by atoms with E-state index in [-0.39, 0.29) is 0 Å². The van der Waals surface area contributed by atoms with Gasteiger partial charge in [0.15, 0.2) is 0 Å². The molecule has 1 N–H and O–H groups in total. The summed E-state index contributed by atoms with van der Waals surface area (Å²) < 4.78 is 4.70. The second-order valence-corrected chi connectivity index (χ2v) is 3.22. The molecule has 0 saturated carbocycles. The van der Waals surface area contributed by atoms with Crippen LogP contribution in [0.5, 0.6) is 0 Å². The van der Waals surface area contributed by atoms with Crippen LogP contribution in [0.15, 0.2) is 36.9 Å². The highest BCUT2D eigenvalue weighted by Crippen LogP contribution is 2.08. The molecule has 0 aromatic heterocycles. The Morgan fingerprint density at radius 3 is 2.76 bits per heavy atom. The number of hydrogen-bond donors (Lipinski definition) is 1. The molecule has 0 atom stereocenters. The molecule has 1 aromatic rings. The monoisotopic (exact) mass is 229 g/mol. The van der Waals surface area contributed by atoms with Crippen molar-refractivity contribution in [1.29, 1.82) is 0 Å². The highest BCUT2D eigenvalue weighted by Gasteiger charge is 1.93. The first kappa shape index (κ1) is 12.9. The maximum Gasteiger partial charge on any atom is 0.384 e. The third-order valence-electron chi connectivity index (χ3n) is 1.92. The number of nitrogens with one attached hydrogen (secondary N) is 1.